The van der Waals surface area contributed by atoms with Gasteiger partial charge in [0.15, 0.2) is 0 Å². The molecule has 84 valence electrons. The number of rotatable bonds is 7. The van der Waals surface area contributed by atoms with Crippen molar-refractivity contribution in [3.8, 4) is 0 Å². The van der Waals surface area contributed by atoms with Crippen LogP contribution in [0.2, 0.25) is 0 Å². The average molecular weight is 206 g/mol. The van der Waals surface area contributed by atoms with E-state index in [0.717, 1.165) is 12.8 Å². The highest BCUT2D eigenvalue weighted by molar-refractivity contribution is 5.76. The Morgan fingerprint density at radius 3 is 2.00 bits per heavy atom. The molecule has 0 atom stereocenters. The highest BCUT2D eigenvalue weighted by atomic mass is 16.9. The Labute approximate surface area is 84.3 Å². The Morgan fingerprint density at radius 1 is 1.14 bits per heavy atom. The zero-order valence-electron chi connectivity index (χ0n) is 9.16. The van der Waals surface area contributed by atoms with E-state index in [4.69, 9.17) is 18.9 Å². The van der Waals surface area contributed by atoms with Crippen LogP contribution in [0, 0.1) is 0 Å². The third-order valence-corrected chi connectivity index (χ3v) is 1.79. The van der Waals surface area contributed by atoms with E-state index >= 15 is 0 Å². The van der Waals surface area contributed by atoms with Crippen molar-refractivity contribution in [3.05, 3.63) is 0 Å². The molecule has 0 aromatic carbocycles. The Hall–Kier alpha value is -0.650. The predicted molar refractivity (Wildman–Crippen MR) is 49.6 cm³/mol. The third-order valence-electron chi connectivity index (χ3n) is 1.79. The van der Waals surface area contributed by atoms with E-state index in [-0.39, 0.29) is 0 Å². The van der Waals surface area contributed by atoms with Gasteiger partial charge in [0, 0.05) is 21.3 Å². The number of esters is 1. The lowest BCUT2D eigenvalue weighted by atomic mass is 10.4. The summed E-state index contributed by atoms with van der Waals surface area (Å²) >= 11 is 0. The number of hydrogen-bond donors (Lipinski definition) is 0. The number of carbonyl (C=O) groups is 1. The molecular weight excluding hydrogens is 188 g/mol. The smallest absolute Gasteiger partial charge is 0.398 e. The van der Waals surface area contributed by atoms with Crippen molar-refractivity contribution in [2.45, 2.75) is 25.7 Å². The molecule has 0 saturated carbocycles. The van der Waals surface area contributed by atoms with E-state index in [0.29, 0.717) is 6.61 Å². The summed E-state index contributed by atoms with van der Waals surface area (Å²) in [6.07, 6.45) is 1.76. The van der Waals surface area contributed by atoms with Crippen LogP contribution < -0.4 is 0 Å². The second kappa shape index (κ2) is 6.75. The van der Waals surface area contributed by atoms with Gasteiger partial charge in [0.25, 0.3) is 0 Å². The van der Waals surface area contributed by atoms with Crippen molar-refractivity contribution in [2.24, 2.45) is 0 Å². The first-order valence-electron chi connectivity index (χ1n) is 4.49. The van der Waals surface area contributed by atoms with Gasteiger partial charge in [-0.25, -0.2) is 4.79 Å². The van der Waals surface area contributed by atoms with Crippen LogP contribution in [0.3, 0.4) is 0 Å². The maximum atomic E-state index is 11.4. The summed E-state index contributed by atoms with van der Waals surface area (Å²) in [5, 5.41) is 0. The average Bonchev–Trinajstić information content (AvgIpc) is 2.22. The van der Waals surface area contributed by atoms with Crippen LogP contribution in [0.15, 0.2) is 0 Å². The summed E-state index contributed by atoms with van der Waals surface area (Å²) in [4.78, 5) is 11.4. The summed E-state index contributed by atoms with van der Waals surface area (Å²) in [7, 11) is 3.94. The molecule has 0 aliphatic carbocycles. The Balaban J connectivity index is 4.15. The van der Waals surface area contributed by atoms with Crippen molar-refractivity contribution in [3.63, 3.8) is 0 Å². The summed E-state index contributed by atoms with van der Waals surface area (Å²) < 4.78 is 19.3. The van der Waals surface area contributed by atoms with Crippen LogP contribution in [-0.2, 0) is 23.7 Å². The van der Waals surface area contributed by atoms with Gasteiger partial charge in [-0.15, -0.1) is 0 Å². The third kappa shape index (κ3) is 3.25. The molecular formula is C9H18O5. The zero-order valence-corrected chi connectivity index (χ0v) is 9.16. The molecule has 0 heterocycles. The molecule has 0 bridgehead atoms. The first-order valence-corrected chi connectivity index (χ1v) is 4.49. The molecule has 0 aromatic heterocycles. The molecule has 0 fully saturated rings. The van der Waals surface area contributed by atoms with Gasteiger partial charge < -0.3 is 18.9 Å². The number of carbonyl (C=O) groups excluding carboxylic acids is 1. The zero-order chi connectivity index (χ0) is 11.0. The van der Waals surface area contributed by atoms with Gasteiger partial charge in [0.2, 0.25) is 0 Å². The van der Waals surface area contributed by atoms with Crippen LogP contribution in [0.25, 0.3) is 0 Å². The van der Waals surface area contributed by atoms with E-state index in [1.54, 1.807) is 0 Å². The fraction of sp³-hybridized carbons (Fsp3) is 0.889. The van der Waals surface area contributed by atoms with Crippen molar-refractivity contribution in [1.82, 2.24) is 0 Å². The van der Waals surface area contributed by atoms with Crippen molar-refractivity contribution >= 4 is 5.97 Å². The van der Waals surface area contributed by atoms with Gasteiger partial charge in [-0.1, -0.05) is 13.3 Å². The van der Waals surface area contributed by atoms with Gasteiger partial charge >= 0.3 is 11.9 Å². The Kier molecular flexibility index (Phi) is 6.44. The number of ether oxygens (including phenoxy) is 4. The first-order chi connectivity index (χ1) is 6.66. The second-order valence-electron chi connectivity index (χ2n) is 2.66. The van der Waals surface area contributed by atoms with Crippen LogP contribution in [0.5, 0.6) is 0 Å². The maximum absolute atomic E-state index is 11.4. The van der Waals surface area contributed by atoms with Gasteiger partial charge in [-0.05, 0) is 6.42 Å². The topological polar surface area (TPSA) is 54.0 Å². The summed E-state index contributed by atoms with van der Waals surface area (Å²) in [5.74, 6) is -2.40. The lowest BCUT2D eigenvalue weighted by Crippen LogP contribution is -2.45. The van der Waals surface area contributed by atoms with Crippen molar-refractivity contribution in [2.75, 3.05) is 27.9 Å². The molecule has 5 nitrogen and oxygen atoms in total. The van der Waals surface area contributed by atoms with E-state index in [1.165, 1.54) is 21.3 Å². The predicted octanol–water partition coefficient (Wildman–Crippen LogP) is 0.923. The Bertz CT molecular complexity index is 156. The Morgan fingerprint density at radius 2 is 1.64 bits per heavy atom. The quantitative estimate of drug-likeness (QED) is 0.352. The molecule has 0 rings (SSSR count). The summed E-state index contributed by atoms with van der Waals surface area (Å²) in [5.41, 5.74) is 0. The normalized spacial score (nSPS) is 11.4. The number of methoxy groups -OCH3 is 3. The highest BCUT2D eigenvalue weighted by Gasteiger charge is 2.41. The largest absolute Gasteiger partial charge is 0.460 e. The summed E-state index contributed by atoms with van der Waals surface area (Å²) in [6, 6.07) is 0. The summed E-state index contributed by atoms with van der Waals surface area (Å²) in [6.45, 7) is 2.34. The van der Waals surface area contributed by atoms with Gasteiger partial charge in [-0.2, -0.15) is 0 Å². The molecule has 0 aromatic rings. The lowest BCUT2D eigenvalue weighted by Gasteiger charge is -2.25. The van der Waals surface area contributed by atoms with Gasteiger partial charge in [-0.3, -0.25) is 0 Å². The molecule has 0 unspecified atom stereocenters. The first kappa shape index (κ1) is 13.4. The fourth-order valence-electron chi connectivity index (χ4n) is 0.898. The molecule has 0 spiro atoms. The van der Waals surface area contributed by atoms with E-state index in [9.17, 15) is 4.79 Å². The number of unbranched alkanes of at least 4 members (excludes halogenated alkanes) is 1. The molecule has 0 saturated heterocycles. The molecule has 0 amide bonds. The molecule has 0 aliphatic rings. The van der Waals surface area contributed by atoms with Crippen LogP contribution in [0.4, 0.5) is 0 Å². The lowest BCUT2D eigenvalue weighted by molar-refractivity contribution is -0.338. The van der Waals surface area contributed by atoms with Gasteiger partial charge in [0.05, 0.1) is 6.61 Å². The maximum Gasteiger partial charge on any atom is 0.398 e. The van der Waals surface area contributed by atoms with E-state index < -0.39 is 11.9 Å². The molecule has 0 N–H and O–H groups in total. The second-order valence-corrected chi connectivity index (χ2v) is 2.66. The number of hydrogen-bond acceptors (Lipinski definition) is 5. The van der Waals surface area contributed by atoms with Crippen LogP contribution in [0.1, 0.15) is 19.8 Å². The minimum Gasteiger partial charge on any atom is -0.460 e. The van der Waals surface area contributed by atoms with E-state index in [1.807, 2.05) is 6.92 Å². The van der Waals surface area contributed by atoms with Crippen molar-refractivity contribution < 1.29 is 23.7 Å². The van der Waals surface area contributed by atoms with Crippen molar-refractivity contribution in [1.29, 1.82) is 0 Å². The highest BCUT2D eigenvalue weighted by Crippen LogP contribution is 2.14. The minimum atomic E-state index is -1.73. The van der Waals surface area contributed by atoms with Crippen LogP contribution >= 0.6 is 0 Å². The standard InChI is InChI=1S/C9H18O5/c1-5-6-7-14-8(10)9(11-2,12-3)13-4/h5-7H2,1-4H3. The SMILES string of the molecule is CCCCOC(=O)C(OC)(OC)OC. The van der Waals surface area contributed by atoms with Gasteiger partial charge in [0.1, 0.15) is 0 Å². The van der Waals surface area contributed by atoms with Crippen LogP contribution in [-0.4, -0.2) is 39.9 Å². The molecule has 0 radical (unpaired) electrons. The molecule has 14 heavy (non-hydrogen) atoms. The molecule has 0 aliphatic heterocycles. The fourth-order valence-corrected chi connectivity index (χ4v) is 0.898. The monoisotopic (exact) mass is 206 g/mol. The molecule has 5 heteroatoms. The van der Waals surface area contributed by atoms with E-state index in [2.05, 4.69) is 0 Å². The minimum absolute atomic E-state index is 0.340.